The maximum atomic E-state index is 14.1. The summed E-state index contributed by atoms with van der Waals surface area (Å²) in [7, 11) is 3.19. The van der Waals surface area contributed by atoms with E-state index >= 15 is 0 Å². The summed E-state index contributed by atoms with van der Waals surface area (Å²) in [6, 6.07) is 24.7. The second-order valence-electron chi connectivity index (χ2n) is 10.3. The van der Waals surface area contributed by atoms with Crippen molar-refractivity contribution in [2.24, 2.45) is 0 Å². The number of nitrogens with one attached hydrogen (secondary N) is 1. The van der Waals surface area contributed by atoms with E-state index in [9.17, 15) is 14.0 Å². The minimum absolute atomic E-state index is 0.0766. The number of hydrogen-bond donors (Lipinski definition) is 1. The molecule has 0 saturated carbocycles. The molecular formula is C34H30FN5O4S. The number of rotatable bonds is 9. The number of aromatic nitrogens is 3. The van der Waals surface area contributed by atoms with Gasteiger partial charge in [0.1, 0.15) is 29.7 Å². The van der Waals surface area contributed by atoms with Crippen LogP contribution >= 0.6 is 11.8 Å². The molecule has 2 amide bonds. The molecule has 3 heterocycles. The number of hydrogen-bond acceptors (Lipinski definition) is 7. The lowest BCUT2D eigenvalue weighted by Gasteiger charge is -2.23. The van der Waals surface area contributed by atoms with Gasteiger partial charge < -0.3 is 14.8 Å². The smallest absolute Gasteiger partial charge is 0.240 e. The van der Waals surface area contributed by atoms with Crippen LogP contribution in [0.3, 0.4) is 0 Å². The maximum Gasteiger partial charge on any atom is 0.240 e. The van der Waals surface area contributed by atoms with E-state index in [0.717, 1.165) is 16.7 Å². The van der Waals surface area contributed by atoms with Crippen molar-refractivity contribution in [2.75, 3.05) is 31.4 Å². The number of pyridine rings is 1. The van der Waals surface area contributed by atoms with Crippen LogP contribution in [0.25, 0.3) is 16.9 Å². The van der Waals surface area contributed by atoms with Crippen LogP contribution in [0, 0.1) is 5.82 Å². The van der Waals surface area contributed by atoms with Crippen molar-refractivity contribution in [1.29, 1.82) is 0 Å². The first kappa shape index (κ1) is 29.9. The van der Waals surface area contributed by atoms with Gasteiger partial charge in [0.15, 0.2) is 0 Å². The lowest BCUT2D eigenvalue weighted by Crippen LogP contribution is -2.42. The predicted octanol–water partition coefficient (Wildman–Crippen LogP) is 5.58. The molecule has 0 fully saturated rings. The summed E-state index contributed by atoms with van der Waals surface area (Å²) in [5.41, 5.74) is 4.30. The fraction of sp³-hybridized carbons (Fsp3) is 0.176. The zero-order chi connectivity index (χ0) is 31.3. The highest BCUT2D eigenvalue weighted by atomic mass is 32.2. The molecule has 9 nitrogen and oxygen atoms in total. The van der Waals surface area contributed by atoms with Gasteiger partial charge in [-0.3, -0.25) is 19.5 Å². The number of ether oxygens (including phenoxy) is 2. The number of carbonyl (C=O) groups excluding carboxylic acids is 2. The molecule has 6 rings (SSSR count). The monoisotopic (exact) mass is 623 g/mol. The molecular weight excluding hydrogens is 593 g/mol. The highest BCUT2D eigenvalue weighted by Gasteiger charge is 2.38. The van der Waals surface area contributed by atoms with Gasteiger partial charge in [0.25, 0.3) is 0 Å². The van der Waals surface area contributed by atoms with Crippen LogP contribution in [0.15, 0.2) is 97.3 Å². The molecule has 1 aliphatic rings. The van der Waals surface area contributed by atoms with Crippen molar-refractivity contribution in [1.82, 2.24) is 20.1 Å². The number of methoxy groups -OCH3 is 2. The molecule has 5 aromatic rings. The number of anilines is 1. The summed E-state index contributed by atoms with van der Waals surface area (Å²) >= 11 is 1.42. The molecule has 0 radical (unpaired) electrons. The van der Waals surface area contributed by atoms with Crippen LogP contribution in [-0.4, -0.2) is 53.1 Å². The van der Waals surface area contributed by atoms with Crippen LogP contribution in [0.2, 0.25) is 0 Å². The number of benzene rings is 3. The van der Waals surface area contributed by atoms with Crippen molar-refractivity contribution in [3.8, 4) is 28.4 Å². The molecule has 0 unspecified atom stereocenters. The molecule has 228 valence electrons. The summed E-state index contributed by atoms with van der Waals surface area (Å²) in [4.78, 5) is 33.0. The Morgan fingerprint density at radius 2 is 1.82 bits per heavy atom. The van der Waals surface area contributed by atoms with Gasteiger partial charge in [0, 0.05) is 35.6 Å². The van der Waals surface area contributed by atoms with Gasteiger partial charge in [-0.15, -0.1) is 11.8 Å². The van der Waals surface area contributed by atoms with Gasteiger partial charge in [-0.25, -0.2) is 9.07 Å². The average Bonchev–Trinajstić information content (AvgIpc) is 3.41. The molecule has 0 spiro atoms. The van der Waals surface area contributed by atoms with Gasteiger partial charge >= 0.3 is 0 Å². The number of nitrogens with zero attached hydrogens (tertiary/aromatic N) is 4. The van der Waals surface area contributed by atoms with Gasteiger partial charge in [0.05, 0.1) is 36.6 Å². The maximum absolute atomic E-state index is 14.1. The summed E-state index contributed by atoms with van der Waals surface area (Å²) in [6.45, 7) is 0.00216. The van der Waals surface area contributed by atoms with E-state index in [1.165, 1.54) is 28.8 Å². The Labute approximate surface area is 264 Å². The zero-order valence-electron chi connectivity index (χ0n) is 24.6. The minimum atomic E-state index is -0.443. The minimum Gasteiger partial charge on any atom is -0.497 e. The molecule has 0 saturated heterocycles. The molecule has 1 N–H and O–H groups in total. The second-order valence-corrected chi connectivity index (χ2v) is 11.4. The van der Waals surface area contributed by atoms with Crippen LogP contribution in [0.5, 0.6) is 11.5 Å². The quantitative estimate of drug-likeness (QED) is 0.229. The highest BCUT2D eigenvalue weighted by molar-refractivity contribution is 8.00. The molecule has 11 heteroatoms. The molecule has 0 bridgehead atoms. The summed E-state index contributed by atoms with van der Waals surface area (Å²) < 4.78 is 27.0. The standard InChI is InChI=1S/C34H30FN5O4S/c1-43-26-14-15-28(44-2)27(17-26)33-31-32(23-8-4-3-5-9-23)38-40(25-12-10-24(35)11-13-25)34(31)39(30(42)21-45-33)20-29(41)37-19-22-7-6-16-36-18-22/h3-18,33H,19-21H2,1-2H3,(H,37,41)/t33-/m1/s1. The van der Waals surface area contributed by atoms with Gasteiger partial charge in [-0.1, -0.05) is 36.4 Å². The Hall–Kier alpha value is -5.16. The fourth-order valence-electron chi connectivity index (χ4n) is 5.28. The Balaban J connectivity index is 1.55. The third-order valence-corrected chi connectivity index (χ3v) is 8.68. The van der Waals surface area contributed by atoms with E-state index in [4.69, 9.17) is 14.6 Å². The number of halogens is 1. The lowest BCUT2D eigenvalue weighted by molar-refractivity contribution is -0.123. The summed E-state index contributed by atoms with van der Waals surface area (Å²) in [5.74, 6) is 0.705. The normalized spacial score (nSPS) is 14.4. The van der Waals surface area contributed by atoms with E-state index in [0.29, 0.717) is 34.3 Å². The number of fused-ring (bicyclic) bond motifs is 1. The highest BCUT2D eigenvalue weighted by Crippen LogP contribution is 2.51. The SMILES string of the molecule is COc1ccc(OC)c([C@H]2SCC(=O)N(CC(=O)NCc3cccnc3)c3c2c(-c2ccccc2)nn3-c2ccc(F)cc2)c1. The van der Waals surface area contributed by atoms with Crippen molar-refractivity contribution in [3.05, 3.63) is 120 Å². The Kier molecular flexibility index (Phi) is 8.79. The average molecular weight is 624 g/mol. The molecule has 3 aromatic carbocycles. The van der Waals surface area contributed by atoms with E-state index in [1.54, 1.807) is 49.5 Å². The lowest BCUT2D eigenvalue weighted by atomic mass is 9.98. The van der Waals surface area contributed by atoms with Crippen molar-refractivity contribution >= 4 is 29.4 Å². The van der Waals surface area contributed by atoms with Crippen molar-refractivity contribution in [3.63, 3.8) is 0 Å². The van der Waals surface area contributed by atoms with E-state index in [2.05, 4.69) is 10.3 Å². The van der Waals surface area contributed by atoms with Gasteiger partial charge in [-0.2, -0.15) is 5.10 Å². The zero-order valence-corrected chi connectivity index (χ0v) is 25.5. The molecule has 1 atom stereocenters. The summed E-state index contributed by atoms with van der Waals surface area (Å²) in [5, 5.41) is 7.50. The first-order chi connectivity index (χ1) is 22.0. The predicted molar refractivity (Wildman–Crippen MR) is 171 cm³/mol. The van der Waals surface area contributed by atoms with Crippen LogP contribution in [0.4, 0.5) is 10.2 Å². The largest absolute Gasteiger partial charge is 0.497 e. The van der Waals surface area contributed by atoms with E-state index in [1.807, 2.05) is 54.6 Å². The Morgan fingerprint density at radius 3 is 2.53 bits per heavy atom. The first-order valence-electron chi connectivity index (χ1n) is 14.2. The van der Waals surface area contributed by atoms with Crippen molar-refractivity contribution < 1.29 is 23.5 Å². The Bertz CT molecular complexity index is 1820. The molecule has 45 heavy (non-hydrogen) atoms. The van der Waals surface area contributed by atoms with Crippen LogP contribution in [0.1, 0.15) is 21.9 Å². The number of thioether (sulfide) groups is 1. The second kappa shape index (κ2) is 13.2. The molecule has 1 aliphatic heterocycles. The number of carbonyl (C=O) groups is 2. The first-order valence-corrected chi connectivity index (χ1v) is 15.3. The summed E-state index contributed by atoms with van der Waals surface area (Å²) in [6.07, 6.45) is 3.34. The third kappa shape index (κ3) is 6.25. The van der Waals surface area contributed by atoms with Crippen LogP contribution < -0.4 is 19.7 Å². The number of amides is 2. The van der Waals surface area contributed by atoms with Crippen LogP contribution in [-0.2, 0) is 16.1 Å². The fourth-order valence-corrected chi connectivity index (χ4v) is 6.50. The molecule has 0 aliphatic carbocycles. The van der Waals surface area contributed by atoms with E-state index in [-0.39, 0.29) is 30.7 Å². The van der Waals surface area contributed by atoms with Gasteiger partial charge in [-0.05, 0) is 54.1 Å². The molecule has 2 aromatic heterocycles. The van der Waals surface area contributed by atoms with Crippen molar-refractivity contribution in [2.45, 2.75) is 11.8 Å². The van der Waals surface area contributed by atoms with E-state index < -0.39 is 11.1 Å². The Morgan fingerprint density at radius 1 is 1.02 bits per heavy atom. The topological polar surface area (TPSA) is 98.6 Å². The van der Waals surface area contributed by atoms with Gasteiger partial charge in [0.2, 0.25) is 11.8 Å². The third-order valence-electron chi connectivity index (χ3n) is 7.44.